The van der Waals surface area contributed by atoms with Crippen molar-refractivity contribution in [2.45, 2.75) is 75.2 Å². The van der Waals surface area contributed by atoms with E-state index in [1.165, 1.54) is 17.2 Å². The van der Waals surface area contributed by atoms with Gasteiger partial charge in [0.15, 0.2) is 17.3 Å². The van der Waals surface area contributed by atoms with Crippen molar-refractivity contribution in [2.24, 2.45) is 0 Å². The SMILES string of the molecule is C=CCN1CC[C@]23c4c5ccc(O)c4OC2C(N(C)C(=O)CCc2ccc(C)c(C)c2)CC[C@@]3(O)[C@H]1C5=O. The number of phenolic OH excluding ortho intramolecular Hbond substituents is 1. The molecule has 7 nitrogen and oxygen atoms in total. The minimum absolute atomic E-state index is 0.0200. The third kappa shape index (κ3) is 3.21. The molecule has 2 unspecified atom stereocenters. The molecule has 6 rings (SSSR count). The molecule has 2 bridgehead atoms. The minimum Gasteiger partial charge on any atom is -0.504 e. The molecule has 0 radical (unpaired) electrons. The minimum atomic E-state index is -1.36. The maximum atomic E-state index is 13.8. The topological polar surface area (TPSA) is 90.3 Å². The number of phenols is 1. The Balaban J connectivity index is 1.35. The number of amides is 1. The number of piperidine rings is 1. The highest BCUT2D eigenvalue weighted by Crippen LogP contribution is 2.65. The summed E-state index contributed by atoms with van der Waals surface area (Å²) in [6.45, 7) is 9.11. The van der Waals surface area contributed by atoms with E-state index < -0.39 is 23.2 Å². The van der Waals surface area contributed by atoms with E-state index in [2.05, 4.69) is 38.6 Å². The molecule has 4 aliphatic rings. The molecule has 1 amide bonds. The second-order valence-electron chi connectivity index (χ2n) is 11.6. The van der Waals surface area contributed by atoms with Crippen molar-refractivity contribution in [1.29, 1.82) is 0 Å². The number of hydrogen-bond acceptors (Lipinski definition) is 6. The fraction of sp³-hybridized carbons (Fsp3) is 0.484. The molecule has 38 heavy (non-hydrogen) atoms. The summed E-state index contributed by atoms with van der Waals surface area (Å²) >= 11 is 0. The van der Waals surface area contributed by atoms with Crippen LogP contribution in [0, 0.1) is 13.8 Å². The Morgan fingerprint density at radius 3 is 2.76 bits per heavy atom. The maximum absolute atomic E-state index is 13.8. The highest BCUT2D eigenvalue weighted by molar-refractivity contribution is 6.06. The molecule has 2 aromatic carbocycles. The van der Waals surface area contributed by atoms with Crippen LogP contribution in [0.1, 0.15) is 58.3 Å². The lowest BCUT2D eigenvalue weighted by molar-refractivity contribution is -0.186. The number of ether oxygens (including phenoxy) is 1. The third-order valence-electron chi connectivity index (χ3n) is 9.83. The van der Waals surface area contributed by atoms with Gasteiger partial charge in [0.25, 0.3) is 0 Å². The second kappa shape index (κ2) is 8.68. The van der Waals surface area contributed by atoms with Gasteiger partial charge in [0.2, 0.25) is 5.91 Å². The Bertz CT molecular complexity index is 1350. The number of ketones is 1. The van der Waals surface area contributed by atoms with Gasteiger partial charge in [0, 0.05) is 37.7 Å². The van der Waals surface area contributed by atoms with E-state index in [4.69, 9.17) is 4.74 Å². The monoisotopic (exact) mass is 516 g/mol. The van der Waals surface area contributed by atoms with Gasteiger partial charge >= 0.3 is 0 Å². The summed E-state index contributed by atoms with van der Waals surface area (Å²) in [5.74, 6) is 0.142. The number of aliphatic hydroxyl groups is 1. The molecular weight excluding hydrogens is 480 g/mol. The van der Waals surface area contributed by atoms with E-state index in [-0.39, 0.29) is 29.2 Å². The molecule has 2 heterocycles. The Morgan fingerprint density at radius 1 is 1.24 bits per heavy atom. The van der Waals surface area contributed by atoms with E-state index in [0.29, 0.717) is 56.3 Å². The number of carbonyl (C=O) groups excluding carboxylic acids is 2. The van der Waals surface area contributed by atoms with Crippen LogP contribution in [-0.4, -0.2) is 75.6 Å². The van der Waals surface area contributed by atoms with E-state index in [0.717, 1.165) is 5.56 Å². The summed E-state index contributed by atoms with van der Waals surface area (Å²) < 4.78 is 6.50. The first-order valence-corrected chi connectivity index (χ1v) is 13.6. The second-order valence-corrected chi connectivity index (χ2v) is 11.6. The number of aryl methyl sites for hydroxylation is 3. The zero-order valence-corrected chi connectivity index (χ0v) is 22.4. The number of hydrogen-bond donors (Lipinski definition) is 2. The lowest BCUT2D eigenvalue weighted by Gasteiger charge is -2.63. The standard InChI is InChI=1S/C31H36N2O5/c1-5-15-33-16-14-30-25-21-9-10-23(34)27(25)38-29(30)22(12-13-31(30,37)28(33)26(21)36)32(4)24(35)11-8-20-7-6-18(2)19(3)17-20/h5-7,9-10,17,22,28-29,34,37H,1,8,11-16H2,2-4H3/t22?,28-,29?,30+,31-/m1/s1. The molecule has 2 aliphatic heterocycles. The Hall–Kier alpha value is -3.16. The predicted molar refractivity (Wildman–Crippen MR) is 144 cm³/mol. The summed E-state index contributed by atoms with van der Waals surface area (Å²) in [7, 11) is 1.82. The third-order valence-corrected chi connectivity index (χ3v) is 9.83. The molecule has 1 spiro atoms. The van der Waals surface area contributed by atoms with Crippen LogP contribution in [0.5, 0.6) is 11.5 Å². The summed E-state index contributed by atoms with van der Waals surface area (Å²) in [4.78, 5) is 31.1. The molecule has 2 aromatic rings. The summed E-state index contributed by atoms with van der Waals surface area (Å²) in [5, 5.41) is 23.2. The van der Waals surface area contributed by atoms with Crippen LogP contribution >= 0.6 is 0 Å². The van der Waals surface area contributed by atoms with Gasteiger partial charge in [-0.1, -0.05) is 24.3 Å². The molecule has 5 atom stereocenters. The lowest BCUT2D eigenvalue weighted by Crippen LogP contribution is -2.79. The summed E-state index contributed by atoms with van der Waals surface area (Å²) in [5.41, 5.74) is 2.48. The number of rotatable bonds is 6. The Labute approximate surface area is 223 Å². The summed E-state index contributed by atoms with van der Waals surface area (Å²) in [6.07, 6.45) is 3.67. The van der Waals surface area contributed by atoms with E-state index in [1.54, 1.807) is 17.0 Å². The quantitative estimate of drug-likeness (QED) is 0.572. The molecule has 2 aliphatic carbocycles. The molecule has 2 N–H and O–H groups in total. The van der Waals surface area contributed by atoms with Gasteiger partial charge in [-0.15, -0.1) is 6.58 Å². The van der Waals surface area contributed by atoms with Gasteiger partial charge < -0.3 is 19.8 Å². The van der Waals surface area contributed by atoms with Crippen molar-refractivity contribution in [3.63, 3.8) is 0 Å². The van der Waals surface area contributed by atoms with Crippen LogP contribution in [0.15, 0.2) is 43.0 Å². The average Bonchev–Trinajstić information content (AvgIpc) is 3.24. The van der Waals surface area contributed by atoms with Crippen molar-refractivity contribution >= 4 is 11.7 Å². The zero-order chi connectivity index (χ0) is 27.0. The number of likely N-dealkylation sites (tertiary alicyclic amines) is 1. The zero-order valence-electron chi connectivity index (χ0n) is 22.4. The van der Waals surface area contributed by atoms with Crippen molar-refractivity contribution < 1.29 is 24.5 Å². The molecule has 0 aromatic heterocycles. The number of carbonyl (C=O) groups is 2. The largest absolute Gasteiger partial charge is 0.504 e. The highest BCUT2D eigenvalue weighted by atomic mass is 16.5. The normalized spacial score (nSPS) is 30.9. The van der Waals surface area contributed by atoms with Crippen LogP contribution < -0.4 is 4.74 Å². The molecule has 2 fully saturated rings. The molecule has 200 valence electrons. The van der Waals surface area contributed by atoms with Gasteiger partial charge in [-0.3, -0.25) is 14.5 Å². The van der Waals surface area contributed by atoms with Crippen molar-refractivity contribution in [1.82, 2.24) is 9.80 Å². The van der Waals surface area contributed by atoms with E-state index in [1.807, 2.05) is 11.9 Å². The van der Waals surface area contributed by atoms with Crippen LogP contribution in [0.25, 0.3) is 0 Å². The first kappa shape index (κ1) is 25.1. The van der Waals surface area contributed by atoms with Gasteiger partial charge in [0.05, 0.1) is 11.5 Å². The highest BCUT2D eigenvalue weighted by Gasteiger charge is 2.75. The van der Waals surface area contributed by atoms with E-state index in [9.17, 15) is 19.8 Å². The van der Waals surface area contributed by atoms with Crippen LogP contribution in [0.3, 0.4) is 0 Å². The van der Waals surface area contributed by atoms with Gasteiger partial charge in [-0.05, 0) is 68.4 Å². The fourth-order valence-electron chi connectivity index (χ4n) is 7.80. The molecular formula is C31H36N2O5. The van der Waals surface area contributed by atoms with E-state index >= 15 is 0 Å². The molecule has 1 saturated heterocycles. The van der Waals surface area contributed by atoms with Gasteiger partial charge in [-0.2, -0.15) is 0 Å². The number of nitrogens with zero attached hydrogens (tertiary/aromatic N) is 2. The average molecular weight is 517 g/mol. The number of benzene rings is 2. The maximum Gasteiger partial charge on any atom is 0.223 e. The first-order valence-electron chi connectivity index (χ1n) is 13.6. The van der Waals surface area contributed by atoms with Crippen molar-refractivity contribution in [3.8, 4) is 11.5 Å². The van der Waals surface area contributed by atoms with Gasteiger partial charge in [0.1, 0.15) is 17.7 Å². The molecule has 7 heteroatoms. The van der Waals surface area contributed by atoms with Crippen LogP contribution in [0.4, 0.5) is 0 Å². The van der Waals surface area contributed by atoms with Crippen LogP contribution in [0.2, 0.25) is 0 Å². The number of Topliss-reactive ketones (excluding diaryl/α,β-unsaturated/α-hetero) is 1. The molecule has 1 saturated carbocycles. The Kier molecular flexibility index (Phi) is 5.74. The summed E-state index contributed by atoms with van der Waals surface area (Å²) in [6, 6.07) is 8.47. The fourth-order valence-corrected chi connectivity index (χ4v) is 7.80. The van der Waals surface area contributed by atoms with Crippen molar-refractivity contribution in [2.75, 3.05) is 20.1 Å². The van der Waals surface area contributed by atoms with Gasteiger partial charge in [-0.25, -0.2) is 0 Å². The Morgan fingerprint density at radius 2 is 2.03 bits per heavy atom. The first-order chi connectivity index (χ1) is 18.1. The predicted octanol–water partition coefficient (Wildman–Crippen LogP) is 3.45. The van der Waals surface area contributed by atoms with Crippen molar-refractivity contribution in [3.05, 3.63) is 70.8 Å². The smallest absolute Gasteiger partial charge is 0.223 e. The lowest BCUT2D eigenvalue weighted by atomic mass is 9.48. The number of likely N-dealkylation sites (N-methyl/N-ethyl adjacent to an activating group) is 1. The van der Waals surface area contributed by atoms with Crippen LogP contribution in [-0.2, 0) is 16.6 Å². The number of aromatic hydroxyl groups is 1.